The van der Waals surface area contributed by atoms with Crippen molar-refractivity contribution in [3.8, 4) is 0 Å². The van der Waals surface area contributed by atoms with Gasteiger partial charge < -0.3 is 4.40 Å². The lowest BCUT2D eigenvalue weighted by Gasteiger charge is -2.09. The molecule has 0 amide bonds. The molecule has 0 aliphatic heterocycles. The molecule has 0 aliphatic rings. The third-order valence-electron chi connectivity index (χ3n) is 5.37. The number of rotatable bonds is 8. The number of hydrogen-bond donors (Lipinski definition) is 0. The fourth-order valence-electron chi connectivity index (χ4n) is 4.07. The van der Waals surface area contributed by atoms with Crippen molar-refractivity contribution in [3.05, 3.63) is 64.5 Å². The minimum absolute atomic E-state index is 0.112. The zero-order chi connectivity index (χ0) is 23.8. The molecule has 0 fully saturated rings. The molecule has 172 valence electrons. The molecule has 6 nitrogen and oxygen atoms in total. The van der Waals surface area contributed by atoms with Crippen LogP contribution in [0, 0.1) is 20.8 Å². The second-order valence-electron chi connectivity index (χ2n) is 8.26. The highest BCUT2D eigenvalue weighted by Crippen LogP contribution is 2.37. The predicted octanol–water partition coefficient (Wildman–Crippen LogP) is 4.46. The van der Waals surface area contributed by atoms with Crippen LogP contribution in [0.4, 0.5) is 0 Å². The highest BCUT2D eigenvalue weighted by atomic mass is 32.2. The van der Waals surface area contributed by atoms with Gasteiger partial charge >= 0.3 is 0 Å². The van der Waals surface area contributed by atoms with Gasteiger partial charge in [0.2, 0.25) is 5.78 Å². The molecule has 0 saturated heterocycles. The summed E-state index contributed by atoms with van der Waals surface area (Å²) in [5.41, 5.74) is 2.81. The maximum atomic E-state index is 13.7. The lowest BCUT2D eigenvalue weighted by atomic mass is 10.1. The zero-order valence-electron chi connectivity index (χ0n) is 19.1. The molecule has 0 saturated carbocycles. The number of aromatic nitrogens is 1. The third kappa shape index (κ3) is 4.26. The van der Waals surface area contributed by atoms with Crippen molar-refractivity contribution in [2.75, 3.05) is 11.5 Å². The van der Waals surface area contributed by atoms with Crippen LogP contribution in [0.5, 0.6) is 0 Å². The van der Waals surface area contributed by atoms with E-state index in [-0.39, 0.29) is 32.5 Å². The molecule has 32 heavy (non-hydrogen) atoms. The first-order chi connectivity index (χ1) is 14.9. The van der Waals surface area contributed by atoms with Gasteiger partial charge in [0.05, 0.1) is 17.0 Å². The van der Waals surface area contributed by atoms with Gasteiger partial charge in [-0.3, -0.25) is 4.79 Å². The maximum absolute atomic E-state index is 13.7. The number of pyridine rings is 1. The van der Waals surface area contributed by atoms with E-state index in [9.17, 15) is 21.6 Å². The molecular weight excluding hydrogens is 446 g/mol. The molecule has 3 rings (SSSR count). The molecule has 1 aromatic carbocycles. The second kappa shape index (κ2) is 8.83. The van der Waals surface area contributed by atoms with Crippen LogP contribution in [0.25, 0.3) is 5.52 Å². The number of carbonyl (C=O) groups is 1. The van der Waals surface area contributed by atoms with Crippen molar-refractivity contribution in [2.45, 2.75) is 57.3 Å². The number of fused-ring (bicyclic) bond motifs is 1. The molecule has 0 spiro atoms. The lowest BCUT2D eigenvalue weighted by Crippen LogP contribution is -2.17. The topological polar surface area (TPSA) is 89.8 Å². The minimum atomic E-state index is -4.05. The average Bonchev–Trinajstić information content (AvgIpc) is 3.05. The SMILES string of the molecule is CCCS(=O)(=O)c1c(S(=O)(=O)CCC)c2c(C)cc(C)cn2c1C(=O)c1ccc(C)cc1. The van der Waals surface area contributed by atoms with Crippen molar-refractivity contribution in [1.82, 2.24) is 4.40 Å². The highest BCUT2D eigenvalue weighted by Gasteiger charge is 2.37. The van der Waals surface area contributed by atoms with E-state index < -0.39 is 25.5 Å². The second-order valence-corrected chi connectivity index (χ2v) is 12.4. The van der Waals surface area contributed by atoms with E-state index in [1.54, 1.807) is 57.3 Å². The molecule has 0 atom stereocenters. The summed E-state index contributed by atoms with van der Waals surface area (Å²) in [5, 5.41) is 0. The lowest BCUT2D eigenvalue weighted by molar-refractivity contribution is 0.103. The Morgan fingerprint density at radius 1 is 0.812 bits per heavy atom. The Morgan fingerprint density at radius 2 is 1.34 bits per heavy atom. The van der Waals surface area contributed by atoms with Crippen molar-refractivity contribution in [1.29, 1.82) is 0 Å². The molecule has 3 aromatic rings. The molecule has 0 N–H and O–H groups in total. The van der Waals surface area contributed by atoms with Crippen molar-refractivity contribution < 1.29 is 21.6 Å². The van der Waals surface area contributed by atoms with Crippen molar-refractivity contribution in [2.24, 2.45) is 0 Å². The van der Waals surface area contributed by atoms with E-state index in [0.717, 1.165) is 11.1 Å². The van der Waals surface area contributed by atoms with E-state index in [0.29, 0.717) is 24.0 Å². The summed E-state index contributed by atoms with van der Waals surface area (Å²) in [7, 11) is -8.00. The number of carbonyl (C=O) groups excluding carboxylic acids is 1. The Kier molecular flexibility index (Phi) is 6.67. The Labute approximate surface area is 190 Å². The molecule has 2 aromatic heterocycles. The van der Waals surface area contributed by atoms with E-state index in [1.807, 2.05) is 13.8 Å². The van der Waals surface area contributed by atoms with Crippen LogP contribution in [0.3, 0.4) is 0 Å². The standard InChI is InChI=1S/C24H29NO5S2/c1-6-12-31(27,28)23-20-18(5)14-17(4)15-25(20)21(24(23)32(29,30)13-7-2)22(26)19-10-8-16(3)9-11-19/h8-11,14-15H,6-7,12-13H2,1-5H3. The summed E-state index contributed by atoms with van der Waals surface area (Å²) in [6, 6.07) is 8.62. The molecule has 0 bridgehead atoms. The third-order valence-corrected chi connectivity index (χ3v) is 9.42. The Balaban J connectivity index is 2.58. The van der Waals surface area contributed by atoms with E-state index >= 15 is 0 Å². The van der Waals surface area contributed by atoms with Crippen LogP contribution in [0.1, 0.15) is 59.4 Å². The highest BCUT2D eigenvalue weighted by molar-refractivity contribution is 7.94. The van der Waals surface area contributed by atoms with Crippen molar-refractivity contribution in [3.63, 3.8) is 0 Å². The summed E-state index contributed by atoms with van der Waals surface area (Å²) in [6.45, 7) is 8.90. The quantitative estimate of drug-likeness (QED) is 0.449. The van der Waals surface area contributed by atoms with Gasteiger partial charge in [-0.2, -0.15) is 0 Å². The predicted molar refractivity (Wildman–Crippen MR) is 126 cm³/mol. The number of hydrogen-bond acceptors (Lipinski definition) is 5. The van der Waals surface area contributed by atoms with Crippen LogP contribution in [-0.4, -0.2) is 38.5 Å². The van der Waals surface area contributed by atoms with Gasteiger partial charge in [0, 0.05) is 11.8 Å². The average molecular weight is 476 g/mol. The first-order valence-corrected chi connectivity index (χ1v) is 14.0. The van der Waals surface area contributed by atoms with Gasteiger partial charge in [0.15, 0.2) is 19.7 Å². The molecule has 0 unspecified atom stereocenters. The Morgan fingerprint density at radius 3 is 1.88 bits per heavy atom. The van der Waals surface area contributed by atoms with Gasteiger partial charge in [-0.25, -0.2) is 16.8 Å². The molecule has 8 heteroatoms. The fraction of sp³-hybridized carbons (Fsp3) is 0.375. The molecule has 0 radical (unpaired) electrons. The van der Waals surface area contributed by atoms with Gasteiger partial charge in [-0.15, -0.1) is 0 Å². The van der Waals surface area contributed by atoms with Crippen LogP contribution in [-0.2, 0) is 19.7 Å². The van der Waals surface area contributed by atoms with E-state index in [1.165, 1.54) is 4.40 Å². The largest absolute Gasteiger partial charge is 0.311 e. The summed E-state index contributed by atoms with van der Waals surface area (Å²) in [6.07, 6.45) is 2.27. The first-order valence-electron chi connectivity index (χ1n) is 10.7. The van der Waals surface area contributed by atoms with Crippen LogP contribution >= 0.6 is 0 Å². The van der Waals surface area contributed by atoms with Gasteiger partial charge in [-0.05, 0) is 44.7 Å². The van der Waals surface area contributed by atoms with E-state index in [2.05, 4.69) is 0 Å². The molecule has 0 aliphatic carbocycles. The zero-order valence-corrected chi connectivity index (χ0v) is 20.7. The monoisotopic (exact) mass is 475 g/mol. The van der Waals surface area contributed by atoms with E-state index in [4.69, 9.17) is 0 Å². The number of nitrogens with zero attached hydrogens (tertiary/aromatic N) is 1. The first kappa shape index (κ1) is 24.2. The van der Waals surface area contributed by atoms with Gasteiger partial charge in [0.25, 0.3) is 0 Å². The Hall–Kier alpha value is -2.45. The maximum Gasteiger partial charge on any atom is 0.211 e. The van der Waals surface area contributed by atoms with Gasteiger partial charge in [0.1, 0.15) is 15.5 Å². The fourth-order valence-corrected chi connectivity index (χ4v) is 8.11. The smallest absolute Gasteiger partial charge is 0.211 e. The summed E-state index contributed by atoms with van der Waals surface area (Å²) in [4.78, 5) is 13.1. The number of benzene rings is 1. The Bertz CT molecular complexity index is 1400. The molecular formula is C24H29NO5S2. The number of aryl methyl sites for hydroxylation is 3. The van der Waals surface area contributed by atoms with Crippen molar-refractivity contribution >= 4 is 31.0 Å². The normalized spacial score (nSPS) is 12.4. The van der Waals surface area contributed by atoms with Gasteiger partial charge in [-0.1, -0.05) is 49.7 Å². The number of ketones is 1. The molecule has 2 heterocycles. The minimum Gasteiger partial charge on any atom is -0.311 e. The number of sulfone groups is 2. The van der Waals surface area contributed by atoms with Crippen LogP contribution in [0.15, 0.2) is 46.3 Å². The summed E-state index contributed by atoms with van der Waals surface area (Å²) in [5.74, 6) is -0.963. The van der Waals surface area contributed by atoms with Crippen LogP contribution < -0.4 is 0 Å². The summed E-state index contributed by atoms with van der Waals surface area (Å²) < 4.78 is 55.1. The van der Waals surface area contributed by atoms with Crippen LogP contribution in [0.2, 0.25) is 0 Å². The summed E-state index contributed by atoms with van der Waals surface area (Å²) >= 11 is 0.